The fraction of sp³-hybridized carbons (Fsp3) is 0.333. The molecule has 0 spiro atoms. The molecule has 30 heavy (non-hydrogen) atoms. The highest BCUT2D eigenvalue weighted by molar-refractivity contribution is 5.92. The number of ether oxygens (including phenoxy) is 2. The van der Waals surface area contributed by atoms with Crippen LogP contribution in [0.15, 0.2) is 60.7 Å². The average Bonchev–Trinajstić information content (AvgIpc) is 3.12. The van der Waals surface area contributed by atoms with Crippen LogP contribution in [0.5, 0.6) is 11.5 Å². The second-order valence-electron chi connectivity index (χ2n) is 7.29. The molecule has 3 aromatic rings. The van der Waals surface area contributed by atoms with Crippen molar-refractivity contribution in [3.05, 3.63) is 66.5 Å². The van der Waals surface area contributed by atoms with Gasteiger partial charge in [0.15, 0.2) is 11.5 Å². The third kappa shape index (κ3) is 5.00. The first-order chi connectivity index (χ1) is 14.5. The number of para-hydroxylation sites is 4. The number of carbonyl (C=O) groups is 1. The largest absolute Gasteiger partial charge is 0.493 e. The molecule has 1 amide bonds. The predicted molar refractivity (Wildman–Crippen MR) is 119 cm³/mol. The number of fused-ring (bicyclic) bond motifs is 1. The van der Waals surface area contributed by atoms with Gasteiger partial charge in [0.2, 0.25) is 5.91 Å². The van der Waals surface area contributed by atoms with E-state index < -0.39 is 0 Å². The van der Waals surface area contributed by atoms with Gasteiger partial charge in [-0.2, -0.15) is 0 Å². The number of aromatic nitrogens is 2. The minimum absolute atomic E-state index is 0.161. The minimum atomic E-state index is -0.216. The number of hydrogen-bond donors (Lipinski definition) is 1. The first-order valence-corrected chi connectivity index (χ1v) is 10.2. The fourth-order valence-corrected chi connectivity index (χ4v) is 3.34. The molecule has 0 aliphatic carbocycles. The van der Waals surface area contributed by atoms with Gasteiger partial charge in [0.05, 0.1) is 30.8 Å². The Kier molecular flexibility index (Phi) is 7.12. The summed E-state index contributed by atoms with van der Waals surface area (Å²) in [5.74, 6) is 2.18. The third-order valence-electron chi connectivity index (χ3n) is 4.91. The van der Waals surface area contributed by atoms with E-state index in [0.717, 1.165) is 47.7 Å². The van der Waals surface area contributed by atoms with Crippen molar-refractivity contribution in [3.63, 3.8) is 0 Å². The number of carbonyl (C=O) groups excluding carboxylic acids is 1. The van der Waals surface area contributed by atoms with E-state index in [1.54, 1.807) is 14.0 Å². The van der Waals surface area contributed by atoms with Crippen molar-refractivity contribution in [1.29, 1.82) is 0 Å². The minimum Gasteiger partial charge on any atom is -0.493 e. The van der Waals surface area contributed by atoms with Crippen molar-refractivity contribution >= 4 is 16.9 Å². The molecule has 1 atom stereocenters. The zero-order valence-corrected chi connectivity index (χ0v) is 17.9. The van der Waals surface area contributed by atoms with Crippen LogP contribution >= 0.6 is 0 Å². The van der Waals surface area contributed by atoms with Gasteiger partial charge in [-0.3, -0.25) is 4.79 Å². The van der Waals surface area contributed by atoms with Gasteiger partial charge >= 0.3 is 0 Å². The number of aryl methyl sites for hydroxylation is 1. The molecule has 0 radical (unpaired) electrons. The molecule has 158 valence electrons. The second-order valence-corrected chi connectivity index (χ2v) is 7.29. The molecule has 1 heterocycles. The van der Waals surface area contributed by atoms with Gasteiger partial charge < -0.3 is 19.4 Å². The van der Waals surface area contributed by atoms with Gasteiger partial charge in [0.25, 0.3) is 0 Å². The zero-order chi connectivity index (χ0) is 21.5. The Labute approximate surface area is 177 Å². The number of imidazole rings is 1. The molecule has 0 aliphatic heterocycles. The van der Waals surface area contributed by atoms with Crippen molar-refractivity contribution in [1.82, 2.24) is 14.9 Å². The molecule has 0 saturated carbocycles. The highest BCUT2D eigenvalue weighted by atomic mass is 16.5. The summed E-state index contributed by atoms with van der Waals surface area (Å²) in [6, 6.07) is 15.5. The van der Waals surface area contributed by atoms with E-state index in [-0.39, 0.29) is 11.9 Å². The Bertz CT molecular complexity index is 1030. The van der Waals surface area contributed by atoms with Crippen LogP contribution in [0.3, 0.4) is 0 Å². The summed E-state index contributed by atoms with van der Waals surface area (Å²) in [6.07, 6.45) is 1.81. The SMILES string of the molecule is C=C(C)C(=O)NC(C)c1nc2ccccc2n1CCCCOc1ccccc1OC. The monoisotopic (exact) mass is 407 g/mol. The zero-order valence-electron chi connectivity index (χ0n) is 17.9. The first kappa shape index (κ1) is 21.4. The van der Waals surface area contributed by atoms with E-state index in [4.69, 9.17) is 14.5 Å². The van der Waals surface area contributed by atoms with E-state index in [1.165, 1.54) is 0 Å². The summed E-state index contributed by atoms with van der Waals surface area (Å²) >= 11 is 0. The average molecular weight is 408 g/mol. The lowest BCUT2D eigenvalue weighted by Crippen LogP contribution is -2.29. The van der Waals surface area contributed by atoms with Crippen LogP contribution in [0.4, 0.5) is 0 Å². The lowest BCUT2D eigenvalue weighted by atomic mass is 10.2. The number of nitrogens with zero attached hydrogens (tertiary/aromatic N) is 2. The van der Waals surface area contributed by atoms with Crippen molar-refractivity contribution in [2.24, 2.45) is 0 Å². The number of rotatable bonds is 10. The number of amides is 1. The molecule has 3 rings (SSSR count). The smallest absolute Gasteiger partial charge is 0.246 e. The van der Waals surface area contributed by atoms with Crippen molar-refractivity contribution < 1.29 is 14.3 Å². The topological polar surface area (TPSA) is 65.4 Å². The summed E-state index contributed by atoms with van der Waals surface area (Å²) in [6.45, 7) is 8.75. The van der Waals surface area contributed by atoms with E-state index in [0.29, 0.717) is 12.2 Å². The Morgan fingerprint density at radius 2 is 1.83 bits per heavy atom. The van der Waals surface area contributed by atoms with Crippen LogP contribution in [0, 0.1) is 0 Å². The maximum absolute atomic E-state index is 12.1. The standard InChI is InChI=1S/C24H29N3O3/c1-17(2)24(28)25-18(3)23-26-19-11-5-6-12-20(19)27(23)15-9-10-16-30-22-14-8-7-13-21(22)29-4/h5-8,11-14,18H,1,9-10,15-16H2,2-4H3,(H,25,28). The highest BCUT2D eigenvalue weighted by Gasteiger charge is 2.18. The molecule has 2 aromatic carbocycles. The summed E-state index contributed by atoms with van der Waals surface area (Å²) in [5, 5.41) is 2.97. The summed E-state index contributed by atoms with van der Waals surface area (Å²) in [4.78, 5) is 16.8. The van der Waals surface area contributed by atoms with Crippen LogP contribution in [-0.4, -0.2) is 29.2 Å². The normalized spacial score (nSPS) is 11.8. The predicted octanol–water partition coefficient (Wildman–Crippen LogP) is 4.66. The van der Waals surface area contributed by atoms with Crippen LogP contribution in [0.2, 0.25) is 0 Å². The Balaban J connectivity index is 1.66. The summed E-state index contributed by atoms with van der Waals surface area (Å²) < 4.78 is 13.4. The number of hydrogen-bond acceptors (Lipinski definition) is 4. The molecule has 1 unspecified atom stereocenters. The summed E-state index contributed by atoms with van der Waals surface area (Å²) in [7, 11) is 1.64. The molecule has 0 bridgehead atoms. The molecule has 6 nitrogen and oxygen atoms in total. The van der Waals surface area contributed by atoms with Gasteiger partial charge in [-0.05, 0) is 51.0 Å². The van der Waals surface area contributed by atoms with Crippen molar-refractivity contribution in [2.75, 3.05) is 13.7 Å². The Morgan fingerprint density at radius 3 is 2.57 bits per heavy atom. The maximum Gasteiger partial charge on any atom is 0.246 e. The molecule has 1 aromatic heterocycles. The van der Waals surface area contributed by atoms with Gasteiger partial charge in [-0.15, -0.1) is 0 Å². The van der Waals surface area contributed by atoms with Crippen LogP contribution in [0.1, 0.15) is 38.6 Å². The fourth-order valence-electron chi connectivity index (χ4n) is 3.34. The lowest BCUT2D eigenvalue weighted by molar-refractivity contribution is -0.118. The molecular weight excluding hydrogens is 378 g/mol. The first-order valence-electron chi connectivity index (χ1n) is 10.2. The highest BCUT2D eigenvalue weighted by Crippen LogP contribution is 2.26. The summed E-state index contributed by atoms with van der Waals surface area (Å²) in [5.41, 5.74) is 2.47. The lowest BCUT2D eigenvalue weighted by Gasteiger charge is -2.16. The molecule has 0 aliphatic rings. The second kappa shape index (κ2) is 9.96. The molecule has 1 N–H and O–H groups in total. The van der Waals surface area contributed by atoms with E-state index in [1.807, 2.05) is 49.4 Å². The molecular formula is C24H29N3O3. The number of nitrogens with one attached hydrogen (secondary N) is 1. The van der Waals surface area contributed by atoms with Crippen molar-refractivity contribution in [3.8, 4) is 11.5 Å². The van der Waals surface area contributed by atoms with Crippen LogP contribution < -0.4 is 14.8 Å². The third-order valence-corrected chi connectivity index (χ3v) is 4.91. The van der Waals surface area contributed by atoms with E-state index in [2.05, 4.69) is 22.5 Å². The van der Waals surface area contributed by atoms with Gasteiger partial charge in [0, 0.05) is 12.1 Å². The number of methoxy groups -OCH3 is 1. The number of benzene rings is 2. The van der Waals surface area contributed by atoms with Gasteiger partial charge in [0.1, 0.15) is 5.82 Å². The molecule has 0 saturated heterocycles. The Morgan fingerprint density at radius 1 is 1.13 bits per heavy atom. The van der Waals surface area contributed by atoms with E-state index >= 15 is 0 Å². The molecule has 0 fully saturated rings. The van der Waals surface area contributed by atoms with Gasteiger partial charge in [-0.25, -0.2) is 4.98 Å². The Hall–Kier alpha value is -3.28. The maximum atomic E-state index is 12.1. The van der Waals surface area contributed by atoms with Crippen LogP contribution in [-0.2, 0) is 11.3 Å². The van der Waals surface area contributed by atoms with Crippen molar-refractivity contribution in [2.45, 2.75) is 39.3 Å². The van der Waals surface area contributed by atoms with Gasteiger partial charge in [-0.1, -0.05) is 30.8 Å². The number of unbranched alkanes of at least 4 members (excludes halogenated alkanes) is 1. The molecule has 6 heteroatoms. The quantitative estimate of drug-likeness (QED) is 0.392. The van der Waals surface area contributed by atoms with Crippen LogP contribution in [0.25, 0.3) is 11.0 Å². The van der Waals surface area contributed by atoms with E-state index in [9.17, 15) is 4.79 Å².